The van der Waals surface area contributed by atoms with E-state index in [-0.39, 0.29) is 6.04 Å². The molecule has 0 bridgehead atoms. The second kappa shape index (κ2) is 4.37. The van der Waals surface area contributed by atoms with E-state index in [1.54, 1.807) is 41.5 Å². The molecule has 15 heavy (non-hydrogen) atoms. The minimum absolute atomic E-state index is 0.180. The Labute approximate surface area is 92.4 Å². The lowest BCUT2D eigenvalue weighted by molar-refractivity contribution is 0.00620. The van der Waals surface area contributed by atoms with Gasteiger partial charge in [0.05, 0.1) is 11.1 Å². The molecule has 0 amide bonds. The summed E-state index contributed by atoms with van der Waals surface area (Å²) >= 11 is 0. The molecule has 0 saturated heterocycles. The second-order valence-corrected chi connectivity index (χ2v) is 6.51. The van der Waals surface area contributed by atoms with Crippen LogP contribution in [0.15, 0.2) is 0 Å². The zero-order chi connectivity index (χ0) is 12.5. The minimum Gasteiger partial charge on any atom is -0.389 e. The third kappa shape index (κ3) is 4.92. The molecule has 0 fully saturated rings. The molecule has 0 aliphatic heterocycles. The lowest BCUT2D eigenvalue weighted by atomic mass is 9.87. The molecule has 0 aromatic carbocycles. The van der Waals surface area contributed by atoms with E-state index < -0.39 is 21.3 Å². The molecule has 0 aromatic heterocycles. The van der Waals surface area contributed by atoms with Gasteiger partial charge in [0.2, 0.25) is 0 Å². The molecule has 6 heteroatoms. The van der Waals surface area contributed by atoms with Crippen molar-refractivity contribution in [2.45, 2.75) is 58.7 Å². The Balaban J connectivity index is 4.74. The van der Waals surface area contributed by atoms with Gasteiger partial charge in [0.1, 0.15) is 0 Å². The maximum Gasteiger partial charge on any atom is 0.277 e. The molecule has 92 valence electrons. The fourth-order valence-electron chi connectivity index (χ4n) is 0.801. The maximum atomic E-state index is 11.6. The number of aliphatic hydroxyl groups is 1. The van der Waals surface area contributed by atoms with Gasteiger partial charge in [-0.05, 0) is 41.5 Å². The van der Waals surface area contributed by atoms with Gasteiger partial charge in [-0.25, -0.2) is 0 Å². The fraction of sp³-hybridized carbons (Fsp3) is 1.00. The summed E-state index contributed by atoms with van der Waals surface area (Å²) < 4.78 is 28.0. The Morgan fingerprint density at radius 2 is 1.53 bits per heavy atom. The zero-order valence-corrected chi connectivity index (χ0v) is 11.1. The Morgan fingerprint density at radius 1 is 1.13 bits per heavy atom. The summed E-state index contributed by atoms with van der Waals surface area (Å²) in [6.07, 6.45) is 0. The Morgan fingerprint density at radius 3 is 1.80 bits per heavy atom. The summed E-state index contributed by atoms with van der Waals surface area (Å²) in [6, 6.07) is -0.180. The van der Waals surface area contributed by atoms with Gasteiger partial charge in [0.15, 0.2) is 0 Å². The van der Waals surface area contributed by atoms with Gasteiger partial charge in [0, 0.05) is 6.04 Å². The first-order valence-corrected chi connectivity index (χ1v) is 6.39. The Bertz CT molecular complexity index is 302. The lowest BCUT2D eigenvalue weighted by Gasteiger charge is -2.37. The molecule has 0 saturated carbocycles. The summed E-state index contributed by atoms with van der Waals surface area (Å²) in [4.78, 5) is 0. The summed E-state index contributed by atoms with van der Waals surface area (Å²) in [7, 11) is -3.58. The van der Waals surface area contributed by atoms with Crippen LogP contribution in [0.5, 0.6) is 0 Å². The largest absolute Gasteiger partial charge is 0.389 e. The molecular weight excluding hydrogens is 216 g/mol. The first kappa shape index (κ1) is 14.8. The van der Waals surface area contributed by atoms with Crippen molar-refractivity contribution in [3.8, 4) is 0 Å². The summed E-state index contributed by atoms with van der Waals surface area (Å²) in [5, 5.41) is 9.79. The number of hydrogen-bond donors (Lipinski definition) is 3. The molecule has 0 aliphatic rings. The van der Waals surface area contributed by atoms with Gasteiger partial charge in [-0.1, -0.05) is 0 Å². The van der Waals surface area contributed by atoms with Crippen LogP contribution in [-0.4, -0.2) is 30.7 Å². The van der Waals surface area contributed by atoms with Crippen molar-refractivity contribution in [1.82, 2.24) is 9.44 Å². The summed E-state index contributed by atoms with van der Waals surface area (Å²) in [6.45, 7) is 9.85. The zero-order valence-electron chi connectivity index (χ0n) is 10.2. The molecule has 0 heterocycles. The van der Waals surface area contributed by atoms with Crippen molar-refractivity contribution in [1.29, 1.82) is 0 Å². The molecule has 5 nitrogen and oxygen atoms in total. The van der Waals surface area contributed by atoms with Crippen LogP contribution in [0.25, 0.3) is 0 Å². The van der Waals surface area contributed by atoms with Crippen molar-refractivity contribution in [3.63, 3.8) is 0 Å². The fourth-order valence-corrected chi connectivity index (χ4v) is 2.40. The van der Waals surface area contributed by atoms with Gasteiger partial charge in [-0.2, -0.15) is 17.9 Å². The van der Waals surface area contributed by atoms with E-state index in [1.807, 2.05) is 0 Å². The maximum absolute atomic E-state index is 11.6. The summed E-state index contributed by atoms with van der Waals surface area (Å²) in [5.41, 5.74) is -2.08. The SMILES string of the molecule is CC(C)NS(=O)(=O)NC(C)(C)C(C)(C)O. The third-order valence-corrected chi connectivity index (χ3v) is 3.87. The van der Waals surface area contributed by atoms with Crippen LogP contribution in [-0.2, 0) is 10.2 Å². The first-order valence-electron chi connectivity index (χ1n) is 4.91. The van der Waals surface area contributed by atoms with Crippen LogP contribution in [0.2, 0.25) is 0 Å². The van der Waals surface area contributed by atoms with E-state index in [9.17, 15) is 13.5 Å². The van der Waals surface area contributed by atoms with Crippen LogP contribution in [0.4, 0.5) is 0 Å². The van der Waals surface area contributed by atoms with Gasteiger partial charge in [-0.15, -0.1) is 0 Å². The second-order valence-electron chi connectivity index (χ2n) is 5.06. The average molecular weight is 238 g/mol. The van der Waals surface area contributed by atoms with E-state index in [0.717, 1.165) is 0 Å². The molecule has 0 radical (unpaired) electrons. The highest BCUT2D eigenvalue weighted by molar-refractivity contribution is 7.87. The topological polar surface area (TPSA) is 78.4 Å². The minimum atomic E-state index is -3.58. The van der Waals surface area contributed by atoms with Crippen LogP contribution in [0.1, 0.15) is 41.5 Å². The molecule has 0 unspecified atom stereocenters. The van der Waals surface area contributed by atoms with Crippen molar-refractivity contribution < 1.29 is 13.5 Å². The number of nitrogens with one attached hydrogen (secondary N) is 2. The van der Waals surface area contributed by atoms with Crippen LogP contribution in [0.3, 0.4) is 0 Å². The van der Waals surface area contributed by atoms with E-state index in [2.05, 4.69) is 9.44 Å². The van der Waals surface area contributed by atoms with Gasteiger partial charge in [-0.3, -0.25) is 0 Å². The van der Waals surface area contributed by atoms with E-state index in [0.29, 0.717) is 0 Å². The van der Waals surface area contributed by atoms with Gasteiger partial charge in [0.25, 0.3) is 10.2 Å². The van der Waals surface area contributed by atoms with Crippen molar-refractivity contribution in [2.24, 2.45) is 0 Å². The Kier molecular flexibility index (Phi) is 4.32. The quantitative estimate of drug-likeness (QED) is 0.647. The number of rotatable bonds is 5. The van der Waals surface area contributed by atoms with Crippen molar-refractivity contribution in [2.75, 3.05) is 0 Å². The average Bonchev–Trinajstić information content (AvgIpc) is 1.75. The highest BCUT2D eigenvalue weighted by Crippen LogP contribution is 2.21. The molecule has 0 rings (SSSR count). The van der Waals surface area contributed by atoms with E-state index in [1.165, 1.54) is 0 Å². The van der Waals surface area contributed by atoms with Gasteiger partial charge >= 0.3 is 0 Å². The highest BCUT2D eigenvalue weighted by Gasteiger charge is 2.38. The van der Waals surface area contributed by atoms with Crippen molar-refractivity contribution >= 4 is 10.2 Å². The normalized spacial score (nSPS) is 14.7. The summed E-state index contributed by atoms with van der Waals surface area (Å²) in [5.74, 6) is 0. The lowest BCUT2D eigenvalue weighted by Crippen LogP contribution is -2.60. The highest BCUT2D eigenvalue weighted by atomic mass is 32.2. The van der Waals surface area contributed by atoms with E-state index >= 15 is 0 Å². The Hall–Kier alpha value is -0.170. The standard InChI is InChI=1S/C9H22N2O3S/c1-7(2)10-15(13,14)11-8(3,4)9(5,6)12/h7,10-12H,1-6H3. The first-order chi connectivity index (χ1) is 6.37. The molecule has 0 atom stereocenters. The van der Waals surface area contributed by atoms with Crippen LogP contribution >= 0.6 is 0 Å². The van der Waals surface area contributed by atoms with Crippen LogP contribution < -0.4 is 9.44 Å². The van der Waals surface area contributed by atoms with Crippen molar-refractivity contribution in [3.05, 3.63) is 0 Å². The van der Waals surface area contributed by atoms with Crippen LogP contribution in [0, 0.1) is 0 Å². The monoisotopic (exact) mass is 238 g/mol. The molecular formula is C9H22N2O3S. The number of hydrogen-bond acceptors (Lipinski definition) is 3. The smallest absolute Gasteiger partial charge is 0.277 e. The molecule has 0 aliphatic carbocycles. The van der Waals surface area contributed by atoms with E-state index in [4.69, 9.17) is 0 Å². The molecule has 0 aromatic rings. The van der Waals surface area contributed by atoms with Gasteiger partial charge < -0.3 is 5.11 Å². The third-order valence-electron chi connectivity index (χ3n) is 2.31. The predicted octanol–water partition coefficient (Wildman–Crippen LogP) is 0.368. The molecule has 0 spiro atoms. The predicted molar refractivity (Wildman–Crippen MR) is 60.7 cm³/mol. The molecule has 3 N–H and O–H groups in total.